The molecule has 0 aliphatic rings. The van der Waals surface area contributed by atoms with E-state index >= 15 is 0 Å². The third-order valence-corrected chi connectivity index (χ3v) is 2.09. The normalized spacial score (nSPS) is 8.25. The molecule has 0 aromatic heterocycles. The van der Waals surface area contributed by atoms with E-state index in [2.05, 4.69) is 25.6 Å². The van der Waals surface area contributed by atoms with Gasteiger partial charge in [-0.25, -0.2) is 0 Å². The van der Waals surface area contributed by atoms with E-state index in [0.29, 0.717) is 0 Å². The summed E-state index contributed by atoms with van der Waals surface area (Å²) >= 11 is 2.05. The molecule has 0 unspecified atom stereocenters. The Balaban J connectivity index is 0. The summed E-state index contributed by atoms with van der Waals surface area (Å²) in [4.78, 5) is 0. The molecule has 2 N–H and O–H groups in total. The van der Waals surface area contributed by atoms with Gasteiger partial charge in [0.25, 0.3) is 0 Å². The van der Waals surface area contributed by atoms with Crippen LogP contribution in [0, 0.1) is 0 Å². The smallest absolute Gasteiger partial charge is 0.00702 e. The lowest BCUT2D eigenvalue weighted by atomic mass is 10.6. The molecule has 0 rings (SSSR count). The van der Waals surface area contributed by atoms with E-state index in [1.165, 1.54) is 24.3 Å². The maximum atomic E-state index is 2.22. The zero-order chi connectivity index (χ0) is 5.54. The van der Waals surface area contributed by atoms with Crippen LogP contribution in [-0.2, 0) is 0 Å². The SMILES string of the molecule is CCCSCCC.O. The highest BCUT2D eigenvalue weighted by Crippen LogP contribution is 2.02. The first kappa shape index (κ1) is 11.2. The van der Waals surface area contributed by atoms with E-state index in [1.54, 1.807) is 0 Å². The fourth-order valence-electron chi connectivity index (χ4n) is 0.391. The van der Waals surface area contributed by atoms with E-state index < -0.39 is 0 Å². The fraction of sp³-hybridized carbons (Fsp3) is 1.00. The van der Waals surface area contributed by atoms with Crippen molar-refractivity contribution in [2.45, 2.75) is 26.7 Å². The van der Waals surface area contributed by atoms with Crippen molar-refractivity contribution >= 4 is 11.8 Å². The standard InChI is InChI=1S/C6H14S.H2O/c1-3-5-7-6-4-2;/h3-6H2,1-2H3;1H2. The van der Waals surface area contributed by atoms with E-state index in [1.807, 2.05) is 0 Å². The van der Waals surface area contributed by atoms with Crippen molar-refractivity contribution in [1.29, 1.82) is 0 Å². The molecule has 52 valence electrons. The zero-order valence-corrected chi connectivity index (χ0v) is 6.55. The van der Waals surface area contributed by atoms with Crippen molar-refractivity contribution in [3.63, 3.8) is 0 Å². The molecule has 0 fully saturated rings. The van der Waals surface area contributed by atoms with Gasteiger partial charge in [-0.15, -0.1) is 0 Å². The van der Waals surface area contributed by atoms with Gasteiger partial charge in [0, 0.05) is 0 Å². The van der Waals surface area contributed by atoms with E-state index in [9.17, 15) is 0 Å². The van der Waals surface area contributed by atoms with E-state index in [4.69, 9.17) is 0 Å². The summed E-state index contributed by atoms with van der Waals surface area (Å²) in [6.07, 6.45) is 2.65. The molecule has 8 heavy (non-hydrogen) atoms. The summed E-state index contributed by atoms with van der Waals surface area (Å²) in [7, 11) is 0. The Morgan fingerprint density at radius 1 is 1.00 bits per heavy atom. The number of hydrogen-bond donors (Lipinski definition) is 0. The lowest BCUT2D eigenvalue weighted by molar-refractivity contribution is 0.824. The lowest BCUT2D eigenvalue weighted by Gasteiger charge is -1.91. The molecule has 0 aliphatic carbocycles. The summed E-state index contributed by atoms with van der Waals surface area (Å²) in [6.45, 7) is 4.45. The molecule has 0 heterocycles. The molecule has 0 bridgehead atoms. The first-order valence-electron chi connectivity index (χ1n) is 2.99. The molecule has 0 spiro atoms. The Morgan fingerprint density at radius 2 is 1.38 bits per heavy atom. The Morgan fingerprint density at radius 3 is 1.62 bits per heavy atom. The molecule has 0 saturated carbocycles. The van der Waals surface area contributed by atoms with Crippen LogP contribution in [0.2, 0.25) is 0 Å². The quantitative estimate of drug-likeness (QED) is 0.541. The Kier molecular flexibility index (Phi) is 14.4. The van der Waals surface area contributed by atoms with Gasteiger partial charge in [0.05, 0.1) is 0 Å². The van der Waals surface area contributed by atoms with Crippen LogP contribution in [0.15, 0.2) is 0 Å². The Hall–Kier alpha value is 0.310. The summed E-state index contributed by atoms with van der Waals surface area (Å²) in [5.41, 5.74) is 0. The average molecular weight is 136 g/mol. The Bertz CT molecular complexity index is 27.7. The van der Waals surface area contributed by atoms with Gasteiger partial charge >= 0.3 is 0 Å². The van der Waals surface area contributed by atoms with Crippen LogP contribution in [0.5, 0.6) is 0 Å². The van der Waals surface area contributed by atoms with E-state index in [0.717, 1.165) is 0 Å². The first-order chi connectivity index (χ1) is 3.41. The monoisotopic (exact) mass is 136 g/mol. The second-order valence-electron chi connectivity index (χ2n) is 1.61. The van der Waals surface area contributed by atoms with Crippen molar-refractivity contribution in [3.8, 4) is 0 Å². The third kappa shape index (κ3) is 9.58. The minimum Gasteiger partial charge on any atom is -0.412 e. The van der Waals surface area contributed by atoms with Crippen molar-refractivity contribution in [2.24, 2.45) is 0 Å². The number of thioether (sulfide) groups is 1. The molecule has 0 aromatic carbocycles. The molecular weight excluding hydrogens is 120 g/mol. The summed E-state index contributed by atoms with van der Waals surface area (Å²) in [5.74, 6) is 2.68. The van der Waals surface area contributed by atoms with Crippen molar-refractivity contribution in [1.82, 2.24) is 0 Å². The number of rotatable bonds is 4. The molecule has 0 aromatic rings. The second-order valence-corrected chi connectivity index (χ2v) is 2.84. The van der Waals surface area contributed by atoms with Gasteiger partial charge in [-0.05, 0) is 24.3 Å². The Labute approximate surface area is 56.2 Å². The molecule has 0 atom stereocenters. The summed E-state index contributed by atoms with van der Waals surface area (Å²) in [6, 6.07) is 0. The molecule has 0 amide bonds. The molecule has 0 radical (unpaired) electrons. The lowest BCUT2D eigenvalue weighted by Crippen LogP contribution is -1.76. The first-order valence-corrected chi connectivity index (χ1v) is 4.15. The molecular formula is C6H16OS. The highest BCUT2D eigenvalue weighted by Gasteiger charge is 1.79. The van der Waals surface area contributed by atoms with Gasteiger partial charge in [-0.1, -0.05) is 13.8 Å². The molecule has 0 saturated heterocycles. The van der Waals surface area contributed by atoms with Crippen molar-refractivity contribution in [3.05, 3.63) is 0 Å². The van der Waals surface area contributed by atoms with Crippen LogP contribution in [0.25, 0.3) is 0 Å². The molecule has 2 heteroatoms. The van der Waals surface area contributed by atoms with Gasteiger partial charge in [-0.3, -0.25) is 0 Å². The minimum atomic E-state index is 0. The van der Waals surface area contributed by atoms with Crippen molar-refractivity contribution in [2.75, 3.05) is 11.5 Å². The summed E-state index contributed by atoms with van der Waals surface area (Å²) in [5, 5.41) is 0. The van der Waals surface area contributed by atoms with Gasteiger partial charge in [-0.2, -0.15) is 11.8 Å². The van der Waals surface area contributed by atoms with Crippen LogP contribution in [0.3, 0.4) is 0 Å². The van der Waals surface area contributed by atoms with Crippen LogP contribution in [0.1, 0.15) is 26.7 Å². The van der Waals surface area contributed by atoms with Crippen LogP contribution < -0.4 is 0 Å². The average Bonchev–Trinajstić information content (AvgIpc) is 1.69. The van der Waals surface area contributed by atoms with Crippen LogP contribution in [0.4, 0.5) is 0 Å². The maximum absolute atomic E-state index is 2.22. The van der Waals surface area contributed by atoms with Gasteiger partial charge in [0.2, 0.25) is 0 Å². The second kappa shape index (κ2) is 10.3. The van der Waals surface area contributed by atoms with Crippen LogP contribution >= 0.6 is 11.8 Å². The van der Waals surface area contributed by atoms with Crippen LogP contribution in [-0.4, -0.2) is 17.0 Å². The highest BCUT2D eigenvalue weighted by atomic mass is 32.2. The van der Waals surface area contributed by atoms with Gasteiger partial charge < -0.3 is 5.48 Å². The predicted molar refractivity (Wildman–Crippen MR) is 41.5 cm³/mol. The summed E-state index contributed by atoms with van der Waals surface area (Å²) < 4.78 is 0. The molecule has 1 nitrogen and oxygen atoms in total. The van der Waals surface area contributed by atoms with Gasteiger partial charge in [0.15, 0.2) is 0 Å². The fourth-order valence-corrected chi connectivity index (χ4v) is 1.17. The highest BCUT2D eigenvalue weighted by molar-refractivity contribution is 7.99. The third-order valence-electron chi connectivity index (χ3n) is 0.697. The topological polar surface area (TPSA) is 31.5 Å². The number of hydrogen-bond acceptors (Lipinski definition) is 1. The maximum Gasteiger partial charge on any atom is -0.00702 e. The largest absolute Gasteiger partial charge is 0.412 e. The van der Waals surface area contributed by atoms with Gasteiger partial charge in [0.1, 0.15) is 0 Å². The predicted octanol–water partition coefficient (Wildman–Crippen LogP) is 1.71. The van der Waals surface area contributed by atoms with E-state index in [-0.39, 0.29) is 5.48 Å². The van der Waals surface area contributed by atoms with Crippen molar-refractivity contribution < 1.29 is 5.48 Å². The minimum absolute atomic E-state index is 0. The zero-order valence-electron chi connectivity index (χ0n) is 5.74. The molecule has 0 aliphatic heterocycles.